The Balaban J connectivity index is 1.75. The first-order valence-corrected chi connectivity index (χ1v) is 7.17. The number of amides is 1. The third-order valence-electron chi connectivity index (χ3n) is 2.95. The number of aliphatic imine (C=N–C) groups is 1. The van der Waals surface area contributed by atoms with Crippen molar-refractivity contribution >= 4 is 28.6 Å². The van der Waals surface area contributed by atoms with Crippen molar-refractivity contribution in [1.29, 1.82) is 0 Å². The third-order valence-corrected chi connectivity index (χ3v) is 3.71. The number of nitrogens with one attached hydrogen (secondary N) is 1. The summed E-state index contributed by atoms with van der Waals surface area (Å²) in [6.45, 7) is 2.05. The van der Waals surface area contributed by atoms with Crippen LogP contribution in [0.15, 0.2) is 46.4 Å². The molecule has 0 atom stereocenters. The van der Waals surface area contributed by atoms with E-state index in [0.29, 0.717) is 10.8 Å². The molecule has 0 fully saturated rings. The van der Waals surface area contributed by atoms with Gasteiger partial charge in [0.25, 0.3) is 5.91 Å². The number of allylic oxidation sites excluding steroid dienone is 1. The van der Waals surface area contributed by atoms with Crippen LogP contribution in [-0.2, 0) is 4.79 Å². The average molecular weight is 283 g/mol. The highest BCUT2D eigenvalue weighted by Gasteiger charge is 2.13. The summed E-state index contributed by atoms with van der Waals surface area (Å²) in [4.78, 5) is 20.3. The van der Waals surface area contributed by atoms with Crippen LogP contribution in [0.1, 0.15) is 12.0 Å². The highest BCUT2D eigenvalue weighted by molar-refractivity contribution is 7.14. The molecule has 0 bridgehead atoms. The maximum absolute atomic E-state index is 11.9. The lowest BCUT2D eigenvalue weighted by atomic mass is 10.1. The molecule has 5 heteroatoms. The molecule has 0 saturated heterocycles. The van der Waals surface area contributed by atoms with E-state index in [9.17, 15) is 4.79 Å². The Hall–Kier alpha value is -2.27. The zero-order valence-electron chi connectivity index (χ0n) is 11.0. The minimum atomic E-state index is -0.205. The van der Waals surface area contributed by atoms with Crippen molar-refractivity contribution in [3.63, 3.8) is 0 Å². The molecule has 2 aromatic rings. The number of rotatable bonds is 3. The van der Waals surface area contributed by atoms with E-state index < -0.39 is 0 Å². The summed E-state index contributed by atoms with van der Waals surface area (Å²) in [5.41, 5.74) is 3.58. The molecule has 1 aliphatic heterocycles. The average Bonchev–Trinajstić information content (AvgIpc) is 3.10. The normalized spacial score (nSPS) is 13.3. The van der Waals surface area contributed by atoms with Gasteiger partial charge in [-0.3, -0.25) is 15.1 Å². The Morgan fingerprint density at radius 3 is 2.80 bits per heavy atom. The molecule has 1 aliphatic rings. The van der Waals surface area contributed by atoms with Crippen LogP contribution < -0.4 is 5.32 Å². The number of thiazole rings is 1. The van der Waals surface area contributed by atoms with Crippen molar-refractivity contribution in [2.45, 2.75) is 13.3 Å². The predicted octanol–water partition coefficient (Wildman–Crippen LogP) is 3.42. The van der Waals surface area contributed by atoms with Gasteiger partial charge >= 0.3 is 0 Å². The van der Waals surface area contributed by atoms with Crippen molar-refractivity contribution in [3.8, 4) is 11.3 Å². The van der Waals surface area contributed by atoms with Gasteiger partial charge in [-0.15, -0.1) is 11.3 Å². The zero-order valence-corrected chi connectivity index (χ0v) is 11.8. The van der Waals surface area contributed by atoms with E-state index in [1.54, 1.807) is 12.3 Å². The van der Waals surface area contributed by atoms with Gasteiger partial charge in [0, 0.05) is 23.6 Å². The summed E-state index contributed by atoms with van der Waals surface area (Å²) in [6.07, 6.45) is 4.23. The molecule has 1 amide bonds. The summed E-state index contributed by atoms with van der Waals surface area (Å²) >= 11 is 1.41. The molecule has 2 heterocycles. The molecule has 0 saturated carbocycles. The third kappa shape index (κ3) is 2.67. The first kappa shape index (κ1) is 12.7. The first-order valence-electron chi connectivity index (χ1n) is 6.29. The van der Waals surface area contributed by atoms with Gasteiger partial charge in [-0.25, -0.2) is 4.98 Å². The van der Waals surface area contributed by atoms with Crippen LogP contribution in [0.4, 0.5) is 5.13 Å². The molecular weight excluding hydrogens is 270 g/mol. The minimum Gasteiger partial charge on any atom is -0.296 e. The molecule has 0 spiro atoms. The van der Waals surface area contributed by atoms with Crippen molar-refractivity contribution in [2.75, 3.05) is 5.32 Å². The molecule has 0 aliphatic carbocycles. The fourth-order valence-corrected chi connectivity index (χ4v) is 2.58. The Labute approximate surface area is 120 Å². The number of hydrogen-bond acceptors (Lipinski definition) is 4. The summed E-state index contributed by atoms with van der Waals surface area (Å²) in [5, 5.41) is 5.30. The van der Waals surface area contributed by atoms with Crippen molar-refractivity contribution in [3.05, 3.63) is 47.0 Å². The molecule has 3 rings (SSSR count). The van der Waals surface area contributed by atoms with Crippen molar-refractivity contribution in [1.82, 2.24) is 4.98 Å². The van der Waals surface area contributed by atoms with Gasteiger partial charge in [0.15, 0.2) is 5.13 Å². The zero-order chi connectivity index (χ0) is 13.9. The largest absolute Gasteiger partial charge is 0.296 e. The number of carbonyl (C=O) groups is 1. The maximum atomic E-state index is 11.9. The minimum absolute atomic E-state index is 0.205. The van der Waals surface area contributed by atoms with Gasteiger partial charge in [0.1, 0.15) is 5.70 Å². The standard InChI is InChI=1S/C15H13N3OS/c1-10-4-6-11(7-5-10)13-9-20-15(17-13)18-14(19)12-3-2-8-16-12/h3-9H,2H2,1H3,(H,17,18,19). The van der Waals surface area contributed by atoms with Crippen molar-refractivity contribution < 1.29 is 4.79 Å². The monoisotopic (exact) mass is 283 g/mol. The van der Waals surface area contributed by atoms with Gasteiger partial charge in [0.05, 0.1) is 5.69 Å². The number of carbonyl (C=O) groups excluding carboxylic acids is 1. The lowest BCUT2D eigenvalue weighted by Crippen LogP contribution is -2.12. The second-order valence-corrected chi connectivity index (χ2v) is 5.35. The topological polar surface area (TPSA) is 54.4 Å². The Morgan fingerprint density at radius 1 is 1.30 bits per heavy atom. The second-order valence-electron chi connectivity index (χ2n) is 4.49. The van der Waals surface area contributed by atoms with Crippen LogP contribution >= 0.6 is 11.3 Å². The Morgan fingerprint density at radius 2 is 2.10 bits per heavy atom. The van der Waals surface area contributed by atoms with Gasteiger partial charge in [-0.1, -0.05) is 29.8 Å². The fraction of sp³-hybridized carbons (Fsp3) is 0.133. The van der Waals surface area contributed by atoms with Crippen LogP contribution in [0.3, 0.4) is 0 Å². The molecule has 1 aromatic heterocycles. The molecule has 1 aromatic carbocycles. The first-order chi connectivity index (χ1) is 9.72. The molecule has 20 heavy (non-hydrogen) atoms. The van der Waals surface area contributed by atoms with Crippen LogP contribution in [0.5, 0.6) is 0 Å². The summed E-state index contributed by atoms with van der Waals surface area (Å²) in [7, 11) is 0. The maximum Gasteiger partial charge on any atom is 0.275 e. The number of nitrogens with zero attached hydrogens (tertiary/aromatic N) is 2. The lowest BCUT2D eigenvalue weighted by Gasteiger charge is -1.99. The Kier molecular flexibility index (Phi) is 3.43. The van der Waals surface area contributed by atoms with E-state index in [1.807, 2.05) is 36.6 Å². The van der Waals surface area contributed by atoms with E-state index >= 15 is 0 Å². The number of anilines is 1. The van der Waals surface area contributed by atoms with Gasteiger partial charge in [-0.05, 0) is 13.0 Å². The molecule has 100 valence electrons. The summed E-state index contributed by atoms with van der Waals surface area (Å²) < 4.78 is 0. The fourth-order valence-electron chi connectivity index (χ4n) is 1.87. The summed E-state index contributed by atoms with van der Waals surface area (Å²) in [6, 6.07) is 8.15. The number of hydrogen-bond donors (Lipinski definition) is 1. The predicted molar refractivity (Wildman–Crippen MR) is 82.1 cm³/mol. The van der Waals surface area contributed by atoms with Crippen LogP contribution in [0.25, 0.3) is 11.3 Å². The number of benzene rings is 1. The smallest absolute Gasteiger partial charge is 0.275 e. The van der Waals surface area contributed by atoms with Gasteiger partial charge < -0.3 is 0 Å². The lowest BCUT2D eigenvalue weighted by molar-refractivity contribution is -0.112. The molecule has 4 nitrogen and oxygen atoms in total. The van der Waals surface area contributed by atoms with E-state index in [2.05, 4.69) is 15.3 Å². The highest BCUT2D eigenvalue weighted by atomic mass is 32.1. The van der Waals surface area contributed by atoms with E-state index in [4.69, 9.17) is 0 Å². The van der Waals surface area contributed by atoms with E-state index in [1.165, 1.54) is 16.9 Å². The van der Waals surface area contributed by atoms with E-state index in [-0.39, 0.29) is 5.91 Å². The SMILES string of the molecule is Cc1ccc(-c2csc(NC(=O)C3=CCC=N3)n2)cc1. The van der Waals surface area contributed by atoms with E-state index in [0.717, 1.165) is 17.7 Å². The molecular formula is C15H13N3OS. The molecule has 0 radical (unpaired) electrons. The number of aromatic nitrogens is 1. The van der Waals surface area contributed by atoms with Crippen molar-refractivity contribution in [2.24, 2.45) is 4.99 Å². The number of aryl methyl sites for hydroxylation is 1. The highest BCUT2D eigenvalue weighted by Crippen LogP contribution is 2.25. The van der Waals surface area contributed by atoms with Crippen LogP contribution in [0, 0.1) is 6.92 Å². The summed E-state index contributed by atoms with van der Waals surface area (Å²) in [5.74, 6) is -0.205. The van der Waals surface area contributed by atoms with Gasteiger partial charge in [-0.2, -0.15) is 0 Å². The molecule has 0 unspecified atom stereocenters. The van der Waals surface area contributed by atoms with Crippen LogP contribution in [-0.4, -0.2) is 17.1 Å². The molecule has 1 N–H and O–H groups in total. The second kappa shape index (κ2) is 5.38. The van der Waals surface area contributed by atoms with Crippen LogP contribution in [0.2, 0.25) is 0 Å². The van der Waals surface area contributed by atoms with Gasteiger partial charge in [0.2, 0.25) is 0 Å². The quantitative estimate of drug-likeness (QED) is 0.938. The Bertz CT molecular complexity index is 698.